The molecule has 0 unspecified atom stereocenters. The molecular formula is C19H26N2O2S. The van der Waals surface area contributed by atoms with Crippen LogP contribution >= 0.6 is 0 Å². The highest BCUT2D eigenvalue weighted by molar-refractivity contribution is 7.89. The topological polar surface area (TPSA) is 58.2 Å². The Bertz CT molecular complexity index is 781. The summed E-state index contributed by atoms with van der Waals surface area (Å²) in [6.07, 6.45) is 4.57. The van der Waals surface area contributed by atoms with Crippen molar-refractivity contribution >= 4 is 20.8 Å². The zero-order chi connectivity index (χ0) is 17.0. The largest absolute Gasteiger partial charge is 0.319 e. The van der Waals surface area contributed by atoms with Crippen LogP contribution in [0.15, 0.2) is 47.4 Å². The molecule has 1 aliphatic carbocycles. The second kappa shape index (κ2) is 7.64. The van der Waals surface area contributed by atoms with Gasteiger partial charge < -0.3 is 5.32 Å². The number of nitrogens with one attached hydrogen (secondary N) is 2. The smallest absolute Gasteiger partial charge is 0.240 e. The maximum absolute atomic E-state index is 12.6. The van der Waals surface area contributed by atoms with Gasteiger partial charge >= 0.3 is 0 Å². The van der Waals surface area contributed by atoms with Crippen LogP contribution in [0.5, 0.6) is 0 Å². The fourth-order valence-electron chi connectivity index (χ4n) is 3.57. The van der Waals surface area contributed by atoms with Crippen molar-refractivity contribution in [3.8, 4) is 0 Å². The highest BCUT2D eigenvalue weighted by atomic mass is 32.2. The Morgan fingerprint density at radius 2 is 1.54 bits per heavy atom. The number of hydrogen-bond acceptors (Lipinski definition) is 3. The van der Waals surface area contributed by atoms with Gasteiger partial charge in [0.15, 0.2) is 0 Å². The molecule has 0 aliphatic heterocycles. The third kappa shape index (κ3) is 4.15. The van der Waals surface area contributed by atoms with Crippen molar-refractivity contribution in [1.82, 2.24) is 10.0 Å². The van der Waals surface area contributed by atoms with Crippen LogP contribution in [0.4, 0.5) is 0 Å². The predicted molar refractivity (Wildman–Crippen MR) is 98.5 cm³/mol. The molecule has 0 saturated heterocycles. The fraction of sp³-hybridized carbons (Fsp3) is 0.474. The molecule has 2 aromatic carbocycles. The number of fused-ring (bicyclic) bond motifs is 1. The predicted octanol–water partition coefficient (Wildman–Crippen LogP) is 3.14. The van der Waals surface area contributed by atoms with Crippen molar-refractivity contribution in [2.24, 2.45) is 11.8 Å². The summed E-state index contributed by atoms with van der Waals surface area (Å²) in [5.41, 5.74) is 0. The van der Waals surface area contributed by atoms with Gasteiger partial charge in [0.25, 0.3) is 0 Å². The van der Waals surface area contributed by atoms with Gasteiger partial charge in [0.1, 0.15) is 0 Å². The van der Waals surface area contributed by atoms with Gasteiger partial charge in [-0.3, -0.25) is 0 Å². The van der Waals surface area contributed by atoms with E-state index in [4.69, 9.17) is 0 Å². The van der Waals surface area contributed by atoms with Crippen LogP contribution in [0.1, 0.15) is 25.7 Å². The number of hydrogen-bond donors (Lipinski definition) is 2. The van der Waals surface area contributed by atoms with E-state index in [-0.39, 0.29) is 0 Å². The molecule has 1 saturated carbocycles. The third-order valence-corrected chi connectivity index (χ3v) is 6.47. The summed E-state index contributed by atoms with van der Waals surface area (Å²) in [4.78, 5) is 0.352. The van der Waals surface area contributed by atoms with E-state index in [2.05, 4.69) is 10.0 Å². The van der Waals surface area contributed by atoms with Gasteiger partial charge in [-0.25, -0.2) is 13.1 Å². The van der Waals surface area contributed by atoms with Crippen LogP contribution in [-0.4, -0.2) is 28.6 Å². The number of benzene rings is 2. The lowest BCUT2D eigenvalue weighted by Crippen LogP contribution is -2.32. The van der Waals surface area contributed by atoms with Crippen LogP contribution < -0.4 is 10.0 Å². The van der Waals surface area contributed by atoms with Crippen molar-refractivity contribution in [2.45, 2.75) is 30.6 Å². The molecule has 0 atom stereocenters. The minimum Gasteiger partial charge on any atom is -0.319 e. The van der Waals surface area contributed by atoms with Gasteiger partial charge in [-0.1, -0.05) is 30.3 Å². The Morgan fingerprint density at radius 1 is 0.917 bits per heavy atom. The molecule has 0 aromatic heterocycles. The van der Waals surface area contributed by atoms with E-state index in [1.54, 1.807) is 12.1 Å². The van der Waals surface area contributed by atoms with Crippen molar-refractivity contribution in [3.63, 3.8) is 0 Å². The average molecular weight is 346 g/mol. The summed E-state index contributed by atoms with van der Waals surface area (Å²) in [7, 11) is -1.45. The Labute approximate surface area is 144 Å². The van der Waals surface area contributed by atoms with E-state index < -0.39 is 10.0 Å². The molecule has 1 aliphatic rings. The Morgan fingerprint density at radius 3 is 2.21 bits per heavy atom. The molecule has 0 heterocycles. The van der Waals surface area contributed by atoms with Crippen LogP contribution in [0.3, 0.4) is 0 Å². The first-order valence-corrected chi connectivity index (χ1v) is 10.2. The van der Waals surface area contributed by atoms with Crippen molar-refractivity contribution < 1.29 is 8.42 Å². The van der Waals surface area contributed by atoms with Gasteiger partial charge in [0.2, 0.25) is 10.0 Å². The van der Waals surface area contributed by atoms with Gasteiger partial charge in [0.05, 0.1) is 4.90 Å². The SMILES string of the molecule is CNC[C@H]1CC[C@H](CNS(=O)(=O)c2ccc3ccccc3c2)CC1. The molecule has 5 heteroatoms. The molecule has 1 fully saturated rings. The molecule has 2 aromatic rings. The Hall–Kier alpha value is -1.43. The monoisotopic (exact) mass is 346 g/mol. The van der Waals surface area contributed by atoms with Crippen molar-refractivity contribution in [1.29, 1.82) is 0 Å². The van der Waals surface area contributed by atoms with Gasteiger partial charge in [-0.2, -0.15) is 0 Å². The van der Waals surface area contributed by atoms with E-state index in [9.17, 15) is 8.42 Å². The molecule has 0 amide bonds. The first-order valence-electron chi connectivity index (χ1n) is 8.71. The first kappa shape index (κ1) is 17.4. The normalized spacial score (nSPS) is 21.9. The van der Waals surface area contributed by atoms with Gasteiger partial charge in [-0.05, 0) is 74.0 Å². The van der Waals surface area contributed by atoms with Crippen molar-refractivity contribution in [2.75, 3.05) is 20.1 Å². The summed E-state index contributed by atoms with van der Waals surface area (Å²) in [6, 6.07) is 13.1. The minimum atomic E-state index is -3.44. The van der Waals surface area contributed by atoms with Gasteiger partial charge in [0, 0.05) is 6.54 Å². The molecule has 4 nitrogen and oxygen atoms in total. The van der Waals surface area contributed by atoms with Crippen molar-refractivity contribution in [3.05, 3.63) is 42.5 Å². The second-order valence-electron chi connectivity index (χ2n) is 6.81. The quantitative estimate of drug-likeness (QED) is 0.845. The minimum absolute atomic E-state index is 0.352. The third-order valence-electron chi connectivity index (χ3n) is 5.05. The molecule has 3 rings (SSSR count). The first-order chi connectivity index (χ1) is 11.6. The maximum Gasteiger partial charge on any atom is 0.240 e. The van der Waals surface area contributed by atoms with Crippen LogP contribution in [0, 0.1) is 11.8 Å². The fourth-order valence-corrected chi connectivity index (χ4v) is 4.72. The second-order valence-corrected chi connectivity index (χ2v) is 8.57. The van der Waals surface area contributed by atoms with E-state index in [1.807, 2.05) is 37.4 Å². The molecule has 0 bridgehead atoms. The Kier molecular flexibility index (Phi) is 5.54. The molecule has 130 valence electrons. The van der Waals surface area contributed by atoms with E-state index >= 15 is 0 Å². The lowest BCUT2D eigenvalue weighted by molar-refractivity contribution is 0.272. The molecule has 2 N–H and O–H groups in total. The van der Waals surface area contributed by atoms with Crippen LogP contribution in [0.25, 0.3) is 10.8 Å². The summed E-state index contributed by atoms with van der Waals surface area (Å²) >= 11 is 0. The lowest BCUT2D eigenvalue weighted by Gasteiger charge is -2.28. The lowest BCUT2D eigenvalue weighted by atomic mass is 9.82. The maximum atomic E-state index is 12.6. The number of sulfonamides is 1. The standard InChI is InChI=1S/C19H26N2O2S/c1-20-13-15-6-8-16(9-7-15)14-21-24(22,23)19-11-10-17-4-2-3-5-18(17)12-19/h2-5,10-12,15-16,20-21H,6-9,13-14H2,1H3/t15-,16-. The summed E-state index contributed by atoms with van der Waals surface area (Å²) in [5, 5.41) is 5.24. The molecule has 0 spiro atoms. The molecular weight excluding hydrogens is 320 g/mol. The summed E-state index contributed by atoms with van der Waals surface area (Å²) < 4.78 is 27.9. The molecule has 24 heavy (non-hydrogen) atoms. The highest BCUT2D eigenvalue weighted by Gasteiger charge is 2.23. The van der Waals surface area contributed by atoms with Crippen LogP contribution in [-0.2, 0) is 10.0 Å². The van der Waals surface area contributed by atoms with E-state index in [0.29, 0.717) is 17.4 Å². The Balaban J connectivity index is 1.61. The summed E-state index contributed by atoms with van der Waals surface area (Å²) in [5.74, 6) is 1.19. The van der Waals surface area contributed by atoms with E-state index in [0.717, 1.165) is 36.1 Å². The van der Waals surface area contributed by atoms with E-state index in [1.165, 1.54) is 12.8 Å². The zero-order valence-corrected chi connectivity index (χ0v) is 15.0. The molecule has 0 radical (unpaired) electrons. The number of rotatable bonds is 6. The average Bonchev–Trinajstić information content (AvgIpc) is 2.61. The van der Waals surface area contributed by atoms with Gasteiger partial charge in [-0.15, -0.1) is 0 Å². The highest BCUT2D eigenvalue weighted by Crippen LogP contribution is 2.28. The van der Waals surface area contributed by atoms with Crippen LogP contribution in [0.2, 0.25) is 0 Å². The summed E-state index contributed by atoms with van der Waals surface area (Å²) in [6.45, 7) is 1.61. The zero-order valence-electron chi connectivity index (χ0n) is 14.2.